The fourth-order valence-corrected chi connectivity index (χ4v) is 20.1. The molecular weight excluding hydrogens is 1460 g/mol. The molecule has 6 rings (SSSR count). The van der Waals surface area contributed by atoms with Gasteiger partial charge >= 0.3 is 0 Å². The molecule has 22 nitrogen and oxygen atoms in total. The van der Waals surface area contributed by atoms with Gasteiger partial charge in [0.05, 0.1) is 29.4 Å². The molecular formula is C78H120N10O12S6. The topological polar surface area (TPSA) is 290 Å². The van der Waals surface area contributed by atoms with Crippen LogP contribution < -0.4 is 28.3 Å². The molecule has 0 saturated heterocycles. The Labute approximate surface area is 637 Å². The summed E-state index contributed by atoms with van der Waals surface area (Å²) >= 11 is 0. The molecule has 0 amide bonds. The van der Waals surface area contributed by atoms with Crippen molar-refractivity contribution in [3.8, 4) is 0 Å². The van der Waals surface area contributed by atoms with Gasteiger partial charge in [-0.25, -0.2) is 78.8 Å². The maximum Gasteiger partial charge on any atom is 0.240 e. The zero-order valence-corrected chi connectivity index (χ0v) is 70.3. The standard InChI is InChI=1S/C78H120N10O12S6/c1-55(2)73(79-101(89,90)67-31-19-61(13)20-32-67)49-86(50-74(56(3)4)80-102(91,92)68-33-21-62(14)22-34-68)46-43-85(44-47-87(51-75(57(5)6)81-103(93,94)69-35-23-63(15)24-36-69)52-76(58(7)8)82-104(95,96)70-37-25-64(16)26-38-70)45-48-88(53-77(59(9)10)83-105(97,98)71-39-27-65(17)28-40-71)54-78(60(11)12)84-106(99,100)72-41-29-66(18)30-42-72/h19-42,55-60,73-84H,43-54H2,1-18H3/t73-,74-,75-,76-,77-,78-/m1/s1. The summed E-state index contributed by atoms with van der Waals surface area (Å²) in [5.74, 6) is -1.71. The van der Waals surface area contributed by atoms with Gasteiger partial charge in [0.1, 0.15) is 0 Å². The van der Waals surface area contributed by atoms with Crippen LogP contribution in [0, 0.1) is 77.0 Å². The third-order valence-electron chi connectivity index (χ3n) is 19.6. The van der Waals surface area contributed by atoms with Crippen molar-refractivity contribution in [3.63, 3.8) is 0 Å². The molecule has 106 heavy (non-hydrogen) atoms. The maximum atomic E-state index is 14.4. The van der Waals surface area contributed by atoms with Crippen LogP contribution in [-0.2, 0) is 60.1 Å². The monoisotopic (exact) mass is 1580 g/mol. The van der Waals surface area contributed by atoms with E-state index in [1.54, 1.807) is 146 Å². The molecule has 28 heteroatoms. The van der Waals surface area contributed by atoms with E-state index in [1.165, 1.54) is 0 Å². The molecule has 6 aromatic carbocycles. The minimum absolute atomic E-state index is 0.0807. The minimum atomic E-state index is -4.11. The lowest BCUT2D eigenvalue weighted by Crippen LogP contribution is -2.55. The number of nitrogens with zero attached hydrogens (tertiary/aromatic N) is 4. The van der Waals surface area contributed by atoms with Gasteiger partial charge in [-0.1, -0.05) is 189 Å². The Bertz CT molecular complexity index is 3710. The average molecular weight is 1580 g/mol. The van der Waals surface area contributed by atoms with Gasteiger partial charge in [-0.15, -0.1) is 0 Å². The van der Waals surface area contributed by atoms with Gasteiger partial charge in [0.25, 0.3) is 0 Å². The van der Waals surface area contributed by atoms with Gasteiger partial charge in [0.15, 0.2) is 0 Å². The van der Waals surface area contributed by atoms with Crippen LogP contribution in [0.4, 0.5) is 0 Å². The normalized spacial score (nSPS) is 14.9. The molecule has 0 saturated carbocycles. The highest BCUT2D eigenvalue weighted by atomic mass is 32.2. The maximum absolute atomic E-state index is 14.4. The molecule has 0 aliphatic heterocycles. The third-order valence-corrected chi connectivity index (χ3v) is 28.6. The first-order valence-corrected chi connectivity index (χ1v) is 45.7. The molecule has 0 aromatic heterocycles. The van der Waals surface area contributed by atoms with Crippen LogP contribution in [-0.4, -0.2) is 185 Å². The summed E-state index contributed by atoms with van der Waals surface area (Å²) in [4.78, 5) is 8.88. The van der Waals surface area contributed by atoms with Crippen LogP contribution in [0.1, 0.15) is 116 Å². The van der Waals surface area contributed by atoms with Gasteiger partial charge in [-0.05, 0) is 150 Å². The van der Waals surface area contributed by atoms with E-state index in [0.717, 1.165) is 33.4 Å². The second kappa shape index (κ2) is 39.5. The van der Waals surface area contributed by atoms with Crippen molar-refractivity contribution >= 4 is 60.1 Å². The van der Waals surface area contributed by atoms with Crippen molar-refractivity contribution in [2.45, 2.75) is 190 Å². The lowest BCUT2D eigenvalue weighted by atomic mass is 10.0. The van der Waals surface area contributed by atoms with Crippen LogP contribution in [0.15, 0.2) is 175 Å². The Morgan fingerprint density at radius 2 is 0.321 bits per heavy atom. The van der Waals surface area contributed by atoms with E-state index < -0.39 is 96.4 Å². The zero-order chi connectivity index (χ0) is 78.9. The van der Waals surface area contributed by atoms with Gasteiger partial charge in [0, 0.05) is 115 Å². The first-order chi connectivity index (χ1) is 49.3. The van der Waals surface area contributed by atoms with Crippen LogP contribution in [0.3, 0.4) is 0 Å². The van der Waals surface area contributed by atoms with Gasteiger partial charge in [-0.2, -0.15) is 0 Å². The number of nitrogens with one attached hydrogen (secondary N) is 6. The average Bonchev–Trinajstić information content (AvgIpc) is 0.851. The smallest absolute Gasteiger partial charge is 0.240 e. The SMILES string of the molecule is Cc1ccc(S(=O)(=O)N[C@H](CN(CCN(CCN(C[C@@H](NS(=O)(=O)c2ccc(C)cc2)C(C)C)C[C@@H](NS(=O)(=O)c2ccc(C)cc2)C(C)C)CCN(C[C@@H](NS(=O)(=O)c2ccc(C)cc2)C(C)C)C[C@@H](NS(=O)(=O)c2ccc(C)cc2)C(C)C)C[C@@H](NS(=O)(=O)c2ccc(C)cc2)C(C)C)C(C)C)cc1. The van der Waals surface area contributed by atoms with Gasteiger partial charge in [-0.3, -0.25) is 19.6 Å². The summed E-state index contributed by atoms with van der Waals surface area (Å²) in [6.07, 6.45) is 0. The van der Waals surface area contributed by atoms with Crippen LogP contribution in [0.25, 0.3) is 0 Å². The summed E-state index contributed by atoms with van der Waals surface area (Å²) in [5, 5.41) is 0. The highest BCUT2D eigenvalue weighted by molar-refractivity contribution is 7.91. The Balaban J connectivity index is 1.52. The first-order valence-electron chi connectivity index (χ1n) is 36.8. The molecule has 6 aromatic rings. The number of hydrogen-bond acceptors (Lipinski definition) is 16. The first kappa shape index (κ1) is 89.5. The van der Waals surface area contributed by atoms with Crippen molar-refractivity contribution in [1.29, 1.82) is 0 Å². The molecule has 0 bridgehead atoms. The lowest BCUT2D eigenvalue weighted by molar-refractivity contribution is 0.124. The van der Waals surface area contributed by atoms with Gasteiger partial charge in [0.2, 0.25) is 60.1 Å². The van der Waals surface area contributed by atoms with Crippen molar-refractivity contribution in [2.24, 2.45) is 35.5 Å². The molecule has 0 spiro atoms. The summed E-state index contributed by atoms with van der Waals surface area (Å²) in [6.45, 7) is 36.4. The lowest BCUT2D eigenvalue weighted by Gasteiger charge is -2.38. The third kappa shape index (κ3) is 27.9. The minimum Gasteiger partial charge on any atom is -0.300 e. The Morgan fingerprint density at radius 1 is 0.208 bits per heavy atom. The van der Waals surface area contributed by atoms with E-state index in [1.807, 2.05) is 125 Å². The Hall–Kier alpha value is -5.38. The quantitative estimate of drug-likeness (QED) is 0.0207. The molecule has 0 aliphatic carbocycles. The van der Waals surface area contributed by atoms with Crippen molar-refractivity contribution < 1.29 is 50.5 Å². The summed E-state index contributed by atoms with van der Waals surface area (Å²) in [7, 11) is -24.7. The summed E-state index contributed by atoms with van der Waals surface area (Å²) < 4.78 is 191. The Kier molecular flexibility index (Phi) is 33.4. The largest absolute Gasteiger partial charge is 0.300 e. The van der Waals surface area contributed by atoms with E-state index in [9.17, 15) is 50.5 Å². The van der Waals surface area contributed by atoms with Crippen molar-refractivity contribution in [2.75, 3.05) is 78.5 Å². The summed E-state index contributed by atoms with van der Waals surface area (Å²) in [6, 6.07) is 35.2. The second-order valence-electron chi connectivity index (χ2n) is 30.8. The molecule has 6 N–H and O–H groups in total. The highest BCUT2D eigenvalue weighted by Crippen LogP contribution is 2.23. The number of sulfonamides is 6. The fraction of sp³-hybridized carbons (Fsp3) is 0.538. The predicted molar refractivity (Wildman–Crippen MR) is 427 cm³/mol. The van der Waals surface area contributed by atoms with E-state index in [2.05, 4.69) is 47.9 Å². The van der Waals surface area contributed by atoms with E-state index >= 15 is 0 Å². The van der Waals surface area contributed by atoms with Gasteiger partial charge < -0.3 is 0 Å². The Morgan fingerprint density at radius 3 is 0.434 bits per heavy atom. The second-order valence-corrected chi connectivity index (χ2v) is 41.1. The highest BCUT2D eigenvalue weighted by Gasteiger charge is 2.35. The van der Waals surface area contributed by atoms with Crippen LogP contribution in [0.2, 0.25) is 0 Å². The molecule has 0 radical (unpaired) electrons. The predicted octanol–water partition coefficient (Wildman–Crippen LogP) is 10.1. The number of aryl methyl sites for hydroxylation is 6. The van der Waals surface area contributed by atoms with E-state index in [0.29, 0.717) is 0 Å². The number of hydrogen-bond donors (Lipinski definition) is 6. The molecule has 0 fully saturated rings. The van der Waals surface area contributed by atoms with E-state index in [-0.39, 0.29) is 143 Å². The van der Waals surface area contributed by atoms with Crippen LogP contribution in [0.5, 0.6) is 0 Å². The molecule has 0 aliphatic rings. The summed E-state index contributed by atoms with van der Waals surface area (Å²) in [5.41, 5.74) is 5.27. The van der Waals surface area contributed by atoms with Crippen molar-refractivity contribution in [3.05, 3.63) is 179 Å². The zero-order valence-electron chi connectivity index (χ0n) is 65.4. The number of benzene rings is 6. The molecule has 0 unspecified atom stereocenters. The van der Waals surface area contributed by atoms with Crippen LogP contribution >= 0.6 is 0 Å². The molecule has 6 atom stereocenters. The molecule has 590 valence electrons. The van der Waals surface area contributed by atoms with E-state index in [4.69, 9.17) is 0 Å². The molecule has 0 heterocycles. The van der Waals surface area contributed by atoms with Crippen molar-refractivity contribution in [1.82, 2.24) is 47.9 Å². The number of rotatable bonds is 45. The fourth-order valence-electron chi connectivity index (χ4n) is 11.8.